The van der Waals surface area contributed by atoms with Crippen molar-refractivity contribution in [2.24, 2.45) is 0 Å². The van der Waals surface area contributed by atoms with E-state index >= 15 is 0 Å². The van der Waals surface area contributed by atoms with E-state index in [9.17, 15) is 4.79 Å². The molecule has 0 fully saturated rings. The zero-order valence-electron chi connectivity index (χ0n) is 13.0. The molecule has 0 spiro atoms. The predicted octanol–water partition coefficient (Wildman–Crippen LogP) is 3.72. The molecule has 0 aromatic rings. The van der Waals surface area contributed by atoms with E-state index in [1.54, 1.807) is 7.11 Å². The highest BCUT2D eigenvalue weighted by molar-refractivity contribution is 5.69. The third kappa shape index (κ3) is 7.02. The molecule has 0 aliphatic carbocycles. The van der Waals surface area contributed by atoms with Gasteiger partial charge in [0.15, 0.2) is 0 Å². The Labute approximate surface area is 127 Å². The number of hydrogen-bond acceptors (Lipinski definition) is 3. The molecule has 0 aromatic heterocycles. The molecule has 0 amide bonds. The Morgan fingerprint density at radius 2 is 2.10 bits per heavy atom. The Hall–Kier alpha value is -1.71. The van der Waals surface area contributed by atoms with Crippen molar-refractivity contribution in [3.05, 3.63) is 36.8 Å². The van der Waals surface area contributed by atoms with Crippen LogP contribution < -0.4 is 0 Å². The summed E-state index contributed by atoms with van der Waals surface area (Å²) in [6.07, 6.45) is 15.7. The van der Waals surface area contributed by atoms with Crippen molar-refractivity contribution in [3.63, 3.8) is 0 Å². The van der Waals surface area contributed by atoms with Gasteiger partial charge in [-0.2, -0.15) is 0 Å². The molecule has 1 heterocycles. The smallest absolute Gasteiger partial charge is 0.323 e. The van der Waals surface area contributed by atoms with Crippen LogP contribution in [0.2, 0.25) is 0 Å². The first-order valence-corrected chi connectivity index (χ1v) is 7.70. The molecule has 0 bridgehead atoms. The fraction of sp³-hybridized carbons (Fsp3) is 0.588. The highest BCUT2D eigenvalue weighted by Crippen LogP contribution is 2.19. The molecule has 1 unspecified atom stereocenters. The molecular formula is C17H27NO3. The Morgan fingerprint density at radius 3 is 2.76 bits per heavy atom. The molecule has 0 radical (unpaired) electrons. The van der Waals surface area contributed by atoms with E-state index in [-0.39, 0.29) is 12.6 Å². The first-order valence-electron chi connectivity index (χ1n) is 7.70. The van der Waals surface area contributed by atoms with E-state index in [4.69, 9.17) is 9.84 Å². The van der Waals surface area contributed by atoms with Crippen LogP contribution in [0, 0.1) is 0 Å². The van der Waals surface area contributed by atoms with Gasteiger partial charge in [0.25, 0.3) is 0 Å². The summed E-state index contributed by atoms with van der Waals surface area (Å²) in [6, 6.07) is 0.120. The molecule has 1 N–H and O–H groups in total. The van der Waals surface area contributed by atoms with E-state index in [2.05, 4.69) is 6.58 Å². The van der Waals surface area contributed by atoms with Gasteiger partial charge in [-0.05, 0) is 31.4 Å². The van der Waals surface area contributed by atoms with Gasteiger partial charge in [-0.3, -0.25) is 4.79 Å². The molecule has 4 nitrogen and oxygen atoms in total. The third-order valence-corrected chi connectivity index (χ3v) is 3.67. The number of allylic oxidation sites excluding steroid dienone is 2. The number of ether oxygens (including phenoxy) is 1. The Bertz CT molecular complexity index is 387. The standard InChI is InChI=1S/C17H27NO3/c1-3-4-5-6-7-8-9-10-15-13-16(21-2)11-12-18(15)14-17(19)20/h3,11-13,15H,1,4-10,14H2,2H3,(H,19,20). The van der Waals surface area contributed by atoms with E-state index in [1.807, 2.05) is 29.3 Å². The highest BCUT2D eigenvalue weighted by atomic mass is 16.5. The van der Waals surface area contributed by atoms with E-state index in [0.717, 1.165) is 25.0 Å². The normalized spacial score (nSPS) is 17.5. The second kappa shape index (κ2) is 10.1. The first-order chi connectivity index (χ1) is 10.2. The van der Waals surface area contributed by atoms with Gasteiger partial charge in [0.1, 0.15) is 12.3 Å². The maximum absolute atomic E-state index is 10.9. The van der Waals surface area contributed by atoms with Gasteiger partial charge in [-0.15, -0.1) is 6.58 Å². The minimum atomic E-state index is -0.802. The summed E-state index contributed by atoms with van der Waals surface area (Å²) in [5, 5.41) is 8.96. The van der Waals surface area contributed by atoms with Crippen molar-refractivity contribution >= 4 is 5.97 Å². The minimum absolute atomic E-state index is 0.0357. The summed E-state index contributed by atoms with van der Waals surface area (Å²) in [6.45, 7) is 3.76. The first kappa shape index (κ1) is 17.3. The third-order valence-electron chi connectivity index (χ3n) is 3.67. The van der Waals surface area contributed by atoms with E-state index < -0.39 is 5.97 Å². The number of unbranched alkanes of at least 4 members (excludes halogenated alkanes) is 5. The van der Waals surface area contributed by atoms with Crippen LogP contribution in [0.25, 0.3) is 0 Å². The Balaban J connectivity index is 2.33. The van der Waals surface area contributed by atoms with Crippen LogP contribution in [0.1, 0.15) is 44.9 Å². The average molecular weight is 293 g/mol. The van der Waals surface area contributed by atoms with Gasteiger partial charge >= 0.3 is 5.97 Å². The monoisotopic (exact) mass is 293 g/mol. The zero-order chi connectivity index (χ0) is 15.5. The van der Waals surface area contributed by atoms with Crippen molar-refractivity contribution < 1.29 is 14.6 Å². The summed E-state index contributed by atoms with van der Waals surface area (Å²) < 4.78 is 5.24. The predicted molar refractivity (Wildman–Crippen MR) is 84.9 cm³/mol. The van der Waals surface area contributed by atoms with Gasteiger partial charge < -0.3 is 14.7 Å². The fourth-order valence-electron chi connectivity index (χ4n) is 2.50. The Morgan fingerprint density at radius 1 is 1.38 bits per heavy atom. The largest absolute Gasteiger partial charge is 0.497 e. The molecular weight excluding hydrogens is 266 g/mol. The van der Waals surface area contributed by atoms with Crippen LogP contribution in [0.15, 0.2) is 36.8 Å². The van der Waals surface area contributed by atoms with Crippen LogP contribution >= 0.6 is 0 Å². The maximum atomic E-state index is 10.9. The lowest BCUT2D eigenvalue weighted by Gasteiger charge is -2.30. The number of nitrogens with zero attached hydrogens (tertiary/aromatic N) is 1. The van der Waals surface area contributed by atoms with Gasteiger partial charge in [0.2, 0.25) is 0 Å². The molecule has 0 aromatic carbocycles. The number of hydrogen-bond donors (Lipinski definition) is 1. The minimum Gasteiger partial charge on any atom is -0.497 e. The SMILES string of the molecule is C=CCCCCCCCC1C=C(OC)C=CN1CC(=O)O. The number of rotatable bonds is 11. The van der Waals surface area contributed by atoms with Crippen LogP contribution in [-0.4, -0.2) is 35.7 Å². The number of carboxylic acids is 1. The van der Waals surface area contributed by atoms with Crippen LogP contribution in [0.4, 0.5) is 0 Å². The fourth-order valence-corrected chi connectivity index (χ4v) is 2.50. The van der Waals surface area contributed by atoms with Crippen LogP contribution in [-0.2, 0) is 9.53 Å². The molecule has 21 heavy (non-hydrogen) atoms. The van der Waals surface area contributed by atoms with Gasteiger partial charge in [0, 0.05) is 6.20 Å². The molecule has 1 aliphatic rings. The second-order valence-corrected chi connectivity index (χ2v) is 5.36. The van der Waals surface area contributed by atoms with Crippen molar-refractivity contribution in [3.8, 4) is 0 Å². The number of methoxy groups -OCH3 is 1. The lowest BCUT2D eigenvalue weighted by atomic mass is 10.0. The van der Waals surface area contributed by atoms with E-state index in [0.29, 0.717) is 0 Å². The molecule has 0 saturated carbocycles. The molecule has 1 atom stereocenters. The van der Waals surface area contributed by atoms with Crippen molar-refractivity contribution in [2.45, 2.75) is 51.0 Å². The molecule has 4 heteroatoms. The van der Waals surface area contributed by atoms with Crippen molar-refractivity contribution in [1.82, 2.24) is 4.90 Å². The van der Waals surface area contributed by atoms with Gasteiger partial charge in [-0.1, -0.05) is 31.8 Å². The summed E-state index contributed by atoms with van der Waals surface area (Å²) in [4.78, 5) is 12.8. The molecule has 1 rings (SSSR count). The molecule has 118 valence electrons. The highest BCUT2D eigenvalue weighted by Gasteiger charge is 2.19. The van der Waals surface area contributed by atoms with Gasteiger partial charge in [-0.25, -0.2) is 0 Å². The second-order valence-electron chi connectivity index (χ2n) is 5.36. The van der Waals surface area contributed by atoms with Crippen LogP contribution in [0.5, 0.6) is 0 Å². The van der Waals surface area contributed by atoms with Gasteiger partial charge in [0.05, 0.1) is 13.2 Å². The summed E-state index contributed by atoms with van der Waals surface area (Å²) in [5.41, 5.74) is 0. The van der Waals surface area contributed by atoms with Crippen molar-refractivity contribution in [2.75, 3.05) is 13.7 Å². The zero-order valence-corrected chi connectivity index (χ0v) is 13.0. The van der Waals surface area contributed by atoms with Crippen molar-refractivity contribution in [1.29, 1.82) is 0 Å². The summed E-state index contributed by atoms with van der Waals surface area (Å²) in [7, 11) is 1.64. The number of aliphatic carboxylic acids is 1. The quantitative estimate of drug-likeness (QED) is 0.466. The van der Waals surface area contributed by atoms with E-state index in [1.165, 1.54) is 25.7 Å². The number of carboxylic acid groups (broad SMARTS) is 1. The van der Waals surface area contributed by atoms with Crippen LogP contribution in [0.3, 0.4) is 0 Å². The maximum Gasteiger partial charge on any atom is 0.323 e. The summed E-state index contributed by atoms with van der Waals surface area (Å²) in [5.74, 6) is 0.0102. The Kier molecular flexibility index (Phi) is 8.32. The number of carbonyl (C=O) groups is 1. The topological polar surface area (TPSA) is 49.8 Å². The summed E-state index contributed by atoms with van der Waals surface area (Å²) >= 11 is 0. The molecule has 1 aliphatic heterocycles. The lowest BCUT2D eigenvalue weighted by molar-refractivity contribution is -0.138. The average Bonchev–Trinajstić information content (AvgIpc) is 2.47. The molecule has 0 saturated heterocycles. The lowest BCUT2D eigenvalue weighted by Crippen LogP contribution is -2.35.